The Morgan fingerprint density at radius 3 is 2.14 bits per heavy atom. The van der Waals surface area contributed by atoms with Crippen molar-refractivity contribution in [3.05, 3.63) is 131 Å². The van der Waals surface area contributed by atoms with Crippen molar-refractivity contribution in [2.24, 2.45) is 0 Å². The first-order chi connectivity index (χ1) is 21.6. The van der Waals surface area contributed by atoms with Crippen molar-refractivity contribution < 1.29 is 18.9 Å². The highest BCUT2D eigenvalue weighted by atomic mass is 16.5. The summed E-state index contributed by atoms with van der Waals surface area (Å²) in [5, 5.41) is 2.21. The summed E-state index contributed by atoms with van der Waals surface area (Å²) in [5.41, 5.74) is 7.01. The van der Waals surface area contributed by atoms with Gasteiger partial charge in [-0.25, -0.2) is 0 Å². The van der Waals surface area contributed by atoms with E-state index in [1.165, 1.54) is 27.6 Å². The lowest BCUT2D eigenvalue weighted by molar-refractivity contribution is 0.163. The highest BCUT2D eigenvalue weighted by Gasteiger charge is 2.39. The van der Waals surface area contributed by atoms with Crippen LogP contribution in [0.15, 0.2) is 103 Å². The van der Waals surface area contributed by atoms with E-state index in [-0.39, 0.29) is 0 Å². The van der Waals surface area contributed by atoms with Gasteiger partial charge in [0.1, 0.15) is 23.0 Å². The number of methoxy groups -OCH3 is 2. The van der Waals surface area contributed by atoms with Gasteiger partial charge in [-0.15, -0.1) is 0 Å². The van der Waals surface area contributed by atoms with Crippen molar-refractivity contribution >= 4 is 22.9 Å². The molecule has 2 aliphatic heterocycles. The van der Waals surface area contributed by atoms with Crippen LogP contribution >= 0.6 is 0 Å². The Kier molecular flexibility index (Phi) is 7.35. The lowest BCUT2D eigenvalue weighted by atomic mass is 9.81. The van der Waals surface area contributed by atoms with Gasteiger partial charge in [-0.3, -0.25) is 0 Å². The average molecular weight is 581 g/mol. The first-order valence-corrected chi connectivity index (χ1v) is 15.3. The van der Waals surface area contributed by atoms with Crippen LogP contribution in [0.25, 0.3) is 34.1 Å². The third kappa shape index (κ3) is 4.71. The summed E-state index contributed by atoms with van der Waals surface area (Å²) in [7, 11) is 3.37. The molecule has 2 aliphatic rings. The van der Waals surface area contributed by atoms with Gasteiger partial charge in [0, 0.05) is 28.5 Å². The second kappa shape index (κ2) is 11.6. The molecule has 0 fully saturated rings. The predicted molar refractivity (Wildman–Crippen MR) is 179 cm³/mol. The Labute approximate surface area is 259 Å². The van der Waals surface area contributed by atoms with E-state index in [4.69, 9.17) is 18.9 Å². The Bertz CT molecular complexity index is 1820. The molecule has 220 valence electrons. The summed E-state index contributed by atoms with van der Waals surface area (Å²) in [4.78, 5) is 0. The molecule has 0 aliphatic carbocycles. The maximum Gasteiger partial charge on any atom is 0.178 e. The summed E-state index contributed by atoms with van der Waals surface area (Å²) in [6.45, 7) is 2.91. The second-order valence-electron chi connectivity index (χ2n) is 11.3. The number of hydrogen-bond acceptors (Lipinski definition) is 4. The number of hydrogen-bond donors (Lipinski definition) is 0. The molecule has 4 heteroatoms. The third-order valence-electron chi connectivity index (χ3n) is 8.74. The van der Waals surface area contributed by atoms with Gasteiger partial charge in [-0.05, 0) is 82.6 Å². The van der Waals surface area contributed by atoms with Gasteiger partial charge in [0.2, 0.25) is 0 Å². The molecule has 0 spiro atoms. The maximum atomic E-state index is 7.39. The zero-order valence-electron chi connectivity index (χ0n) is 25.4. The number of ether oxygens (including phenoxy) is 4. The van der Waals surface area contributed by atoms with Gasteiger partial charge in [-0.1, -0.05) is 80.1 Å². The van der Waals surface area contributed by atoms with Crippen molar-refractivity contribution in [3.63, 3.8) is 0 Å². The molecule has 0 aromatic heterocycles. The number of allylic oxidation sites excluding steroid dienone is 1. The standard InChI is InChI=1S/C40H36O4/c1-4-5-7-12-33-34-21-23-40(29-13-17-31(41-2)18-14-29,30-15-19-32(42-3)20-16-30)44-39(34)36-26-37-28(22-24-43-37)25-35(36)38(33)27-10-8-6-9-11-27/h6-21,23,25-26H,4-5,22,24H2,1-3H3. The largest absolute Gasteiger partial charge is 0.497 e. The van der Waals surface area contributed by atoms with E-state index in [1.54, 1.807) is 14.2 Å². The van der Waals surface area contributed by atoms with E-state index in [0.717, 1.165) is 64.3 Å². The molecule has 5 aromatic carbocycles. The van der Waals surface area contributed by atoms with Crippen molar-refractivity contribution in [1.82, 2.24) is 0 Å². The van der Waals surface area contributed by atoms with Crippen LogP contribution in [0.5, 0.6) is 23.0 Å². The number of fused-ring (bicyclic) bond motifs is 4. The van der Waals surface area contributed by atoms with Crippen molar-refractivity contribution in [2.45, 2.75) is 31.8 Å². The predicted octanol–water partition coefficient (Wildman–Crippen LogP) is 9.62. The molecule has 0 unspecified atom stereocenters. The second-order valence-corrected chi connectivity index (χ2v) is 11.3. The summed E-state index contributed by atoms with van der Waals surface area (Å²) < 4.78 is 24.5. The van der Waals surface area contributed by atoms with Gasteiger partial charge in [0.25, 0.3) is 0 Å². The van der Waals surface area contributed by atoms with Crippen LogP contribution in [0.2, 0.25) is 0 Å². The monoisotopic (exact) mass is 580 g/mol. The zero-order valence-corrected chi connectivity index (χ0v) is 25.4. The lowest BCUT2D eigenvalue weighted by Crippen LogP contribution is -2.34. The molecular weight excluding hydrogens is 544 g/mol. The smallest absolute Gasteiger partial charge is 0.178 e. The normalized spacial score (nSPS) is 14.6. The molecule has 5 aromatic rings. The van der Waals surface area contributed by atoms with Crippen molar-refractivity contribution in [3.8, 4) is 34.1 Å². The minimum absolute atomic E-state index is 0.695. The summed E-state index contributed by atoms with van der Waals surface area (Å²) in [6, 6.07) is 31.5. The van der Waals surface area contributed by atoms with Crippen LogP contribution in [0.3, 0.4) is 0 Å². The van der Waals surface area contributed by atoms with Crippen LogP contribution < -0.4 is 18.9 Å². The molecule has 7 rings (SSSR count). The van der Waals surface area contributed by atoms with Gasteiger partial charge in [-0.2, -0.15) is 0 Å². The fraction of sp³-hybridized carbons (Fsp3) is 0.200. The molecule has 0 N–H and O–H groups in total. The molecule has 0 bridgehead atoms. The van der Waals surface area contributed by atoms with E-state index in [9.17, 15) is 0 Å². The summed E-state index contributed by atoms with van der Waals surface area (Å²) in [6.07, 6.45) is 12.0. The fourth-order valence-electron chi connectivity index (χ4n) is 6.45. The molecule has 0 amide bonds. The highest BCUT2D eigenvalue weighted by Crippen LogP contribution is 2.51. The SMILES string of the molecule is CCCC=Cc1c2c(c3cc4c(cc3c1-c1ccccc1)CCO4)OC(c1ccc(OC)cc1)(c1ccc(OC)cc1)C=C2. The fourth-order valence-corrected chi connectivity index (χ4v) is 6.45. The van der Waals surface area contributed by atoms with Crippen LogP contribution in [0, 0.1) is 0 Å². The molecular formula is C40H36O4. The number of unbranched alkanes of at least 4 members (excludes halogenated alkanes) is 1. The van der Waals surface area contributed by atoms with Gasteiger partial charge in [0.05, 0.1) is 20.8 Å². The first-order valence-electron chi connectivity index (χ1n) is 15.3. The maximum absolute atomic E-state index is 7.39. The Morgan fingerprint density at radius 2 is 1.50 bits per heavy atom. The van der Waals surface area contributed by atoms with Crippen LogP contribution in [0.4, 0.5) is 0 Å². The van der Waals surface area contributed by atoms with Gasteiger partial charge >= 0.3 is 0 Å². The average Bonchev–Trinajstić information content (AvgIpc) is 3.55. The Morgan fingerprint density at radius 1 is 0.818 bits per heavy atom. The molecule has 0 saturated heterocycles. The first kappa shape index (κ1) is 27.8. The van der Waals surface area contributed by atoms with Gasteiger partial charge in [0.15, 0.2) is 5.60 Å². The summed E-state index contributed by atoms with van der Waals surface area (Å²) in [5.74, 6) is 3.38. The quantitative estimate of drug-likeness (QED) is 0.183. The Hall–Kier alpha value is -4.96. The molecule has 0 saturated carbocycles. The molecule has 44 heavy (non-hydrogen) atoms. The highest BCUT2D eigenvalue weighted by molar-refractivity contribution is 6.08. The van der Waals surface area contributed by atoms with E-state index in [1.807, 2.05) is 24.3 Å². The lowest BCUT2D eigenvalue weighted by Gasteiger charge is -2.37. The van der Waals surface area contributed by atoms with E-state index >= 15 is 0 Å². The van der Waals surface area contributed by atoms with E-state index in [0.29, 0.717) is 6.61 Å². The van der Waals surface area contributed by atoms with Crippen molar-refractivity contribution in [1.29, 1.82) is 0 Å². The summed E-state index contributed by atoms with van der Waals surface area (Å²) >= 11 is 0. The molecule has 0 atom stereocenters. The van der Waals surface area contributed by atoms with Crippen molar-refractivity contribution in [2.75, 3.05) is 20.8 Å². The molecule has 2 heterocycles. The minimum Gasteiger partial charge on any atom is -0.497 e. The topological polar surface area (TPSA) is 36.9 Å². The van der Waals surface area contributed by atoms with Crippen LogP contribution in [0.1, 0.15) is 47.6 Å². The number of benzene rings is 5. The van der Waals surface area contributed by atoms with E-state index in [2.05, 4.69) is 98.0 Å². The minimum atomic E-state index is -0.878. The van der Waals surface area contributed by atoms with Gasteiger partial charge < -0.3 is 18.9 Å². The molecule has 4 nitrogen and oxygen atoms in total. The number of rotatable bonds is 8. The van der Waals surface area contributed by atoms with Crippen LogP contribution in [-0.2, 0) is 12.0 Å². The van der Waals surface area contributed by atoms with Crippen LogP contribution in [-0.4, -0.2) is 20.8 Å². The zero-order chi connectivity index (χ0) is 30.1. The Balaban J connectivity index is 1.54. The van der Waals surface area contributed by atoms with E-state index < -0.39 is 5.60 Å². The third-order valence-corrected chi connectivity index (χ3v) is 8.74. The molecule has 0 radical (unpaired) electrons.